The van der Waals surface area contributed by atoms with Crippen molar-refractivity contribution in [2.24, 2.45) is 0 Å². The lowest BCUT2D eigenvalue weighted by atomic mass is 10.1. The highest BCUT2D eigenvalue weighted by Gasteiger charge is 2.12. The largest absolute Gasteiger partial charge is 0.398 e. The van der Waals surface area contributed by atoms with Gasteiger partial charge in [-0.2, -0.15) is 0 Å². The second-order valence-electron chi connectivity index (χ2n) is 4.23. The van der Waals surface area contributed by atoms with Crippen molar-refractivity contribution in [3.63, 3.8) is 0 Å². The van der Waals surface area contributed by atoms with E-state index in [0.717, 1.165) is 0 Å². The SMILES string of the molecule is CC(=O)c1ccc(Nc2c(F)cc(F)cc2F)cc1N. The number of halogens is 3. The average molecular weight is 280 g/mol. The molecule has 2 aromatic carbocycles. The molecule has 3 N–H and O–H groups in total. The summed E-state index contributed by atoms with van der Waals surface area (Å²) in [6, 6.07) is 5.41. The van der Waals surface area contributed by atoms with Gasteiger partial charge < -0.3 is 11.1 Å². The molecule has 0 heterocycles. The van der Waals surface area contributed by atoms with Gasteiger partial charge in [-0.1, -0.05) is 0 Å². The van der Waals surface area contributed by atoms with E-state index in [2.05, 4.69) is 5.32 Å². The molecule has 0 saturated carbocycles. The van der Waals surface area contributed by atoms with E-state index in [9.17, 15) is 18.0 Å². The van der Waals surface area contributed by atoms with Crippen molar-refractivity contribution in [3.05, 3.63) is 53.3 Å². The number of nitrogens with one attached hydrogen (secondary N) is 1. The number of rotatable bonds is 3. The van der Waals surface area contributed by atoms with Crippen molar-refractivity contribution >= 4 is 22.8 Å². The zero-order chi connectivity index (χ0) is 14.9. The van der Waals surface area contributed by atoms with Gasteiger partial charge >= 0.3 is 0 Å². The van der Waals surface area contributed by atoms with E-state index in [0.29, 0.717) is 17.7 Å². The molecular formula is C14H11F3N2O. The molecule has 0 bridgehead atoms. The van der Waals surface area contributed by atoms with E-state index in [1.807, 2.05) is 0 Å². The quantitative estimate of drug-likeness (QED) is 0.666. The predicted molar refractivity (Wildman–Crippen MR) is 70.5 cm³/mol. The molecule has 0 atom stereocenters. The van der Waals surface area contributed by atoms with Gasteiger partial charge in [0.25, 0.3) is 0 Å². The van der Waals surface area contributed by atoms with E-state index in [-0.39, 0.29) is 17.2 Å². The zero-order valence-corrected chi connectivity index (χ0v) is 10.5. The normalized spacial score (nSPS) is 10.4. The van der Waals surface area contributed by atoms with Crippen LogP contribution in [0.3, 0.4) is 0 Å². The molecule has 0 unspecified atom stereocenters. The summed E-state index contributed by atoms with van der Waals surface area (Å²) in [5.41, 5.74) is 5.97. The Kier molecular flexibility index (Phi) is 3.65. The minimum atomic E-state index is -1.06. The first-order chi connectivity index (χ1) is 9.38. The van der Waals surface area contributed by atoms with Crippen molar-refractivity contribution in [2.75, 3.05) is 11.1 Å². The fraction of sp³-hybridized carbons (Fsp3) is 0.0714. The van der Waals surface area contributed by atoms with Crippen LogP contribution in [0.5, 0.6) is 0 Å². The lowest BCUT2D eigenvalue weighted by molar-refractivity contribution is 0.101. The highest BCUT2D eigenvalue weighted by atomic mass is 19.1. The number of hydrogen-bond acceptors (Lipinski definition) is 3. The fourth-order valence-electron chi connectivity index (χ4n) is 1.77. The monoisotopic (exact) mass is 280 g/mol. The van der Waals surface area contributed by atoms with Gasteiger partial charge in [-0.3, -0.25) is 4.79 Å². The lowest BCUT2D eigenvalue weighted by Crippen LogP contribution is -2.02. The van der Waals surface area contributed by atoms with Gasteiger partial charge in [0.2, 0.25) is 0 Å². The van der Waals surface area contributed by atoms with Gasteiger partial charge in [0, 0.05) is 29.1 Å². The predicted octanol–water partition coefficient (Wildman–Crippen LogP) is 3.63. The number of nitrogens with two attached hydrogens (primary N) is 1. The summed E-state index contributed by atoms with van der Waals surface area (Å²) >= 11 is 0. The highest BCUT2D eigenvalue weighted by Crippen LogP contribution is 2.26. The van der Waals surface area contributed by atoms with Gasteiger partial charge in [0.1, 0.15) is 11.5 Å². The Morgan fingerprint density at radius 1 is 1.10 bits per heavy atom. The minimum Gasteiger partial charge on any atom is -0.398 e. The van der Waals surface area contributed by atoms with Gasteiger partial charge in [-0.05, 0) is 25.1 Å². The molecule has 0 aliphatic carbocycles. The van der Waals surface area contributed by atoms with Crippen LogP contribution in [0.25, 0.3) is 0 Å². The Hall–Kier alpha value is -2.50. The first-order valence-corrected chi connectivity index (χ1v) is 5.70. The third-order valence-corrected chi connectivity index (χ3v) is 2.71. The number of hydrogen-bond donors (Lipinski definition) is 2. The van der Waals surface area contributed by atoms with Crippen molar-refractivity contribution in [1.29, 1.82) is 0 Å². The van der Waals surface area contributed by atoms with Crippen LogP contribution in [-0.4, -0.2) is 5.78 Å². The number of nitrogen functional groups attached to an aromatic ring is 1. The summed E-state index contributed by atoms with van der Waals surface area (Å²) in [5.74, 6) is -3.33. The number of ketones is 1. The van der Waals surface area contributed by atoms with Gasteiger partial charge in [-0.15, -0.1) is 0 Å². The number of carbonyl (C=O) groups is 1. The fourth-order valence-corrected chi connectivity index (χ4v) is 1.77. The lowest BCUT2D eigenvalue weighted by Gasteiger charge is -2.11. The van der Waals surface area contributed by atoms with Crippen LogP contribution in [0.1, 0.15) is 17.3 Å². The number of benzene rings is 2. The Morgan fingerprint density at radius 3 is 2.20 bits per heavy atom. The Labute approximate surface area is 113 Å². The molecule has 2 rings (SSSR count). The third-order valence-electron chi connectivity index (χ3n) is 2.71. The number of anilines is 3. The standard InChI is InChI=1S/C14H11F3N2O/c1-7(20)10-3-2-9(6-13(10)18)19-14-11(16)4-8(15)5-12(14)17/h2-6,19H,18H2,1H3. The van der Waals surface area contributed by atoms with Crippen LogP contribution < -0.4 is 11.1 Å². The smallest absolute Gasteiger partial charge is 0.161 e. The molecule has 0 spiro atoms. The summed E-state index contributed by atoms with van der Waals surface area (Å²) in [7, 11) is 0. The maximum atomic E-state index is 13.5. The molecule has 20 heavy (non-hydrogen) atoms. The van der Waals surface area contributed by atoms with Crippen LogP contribution in [-0.2, 0) is 0 Å². The minimum absolute atomic E-state index is 0.186. The molecule has 0 saturated heterocycles. The maximum absolute atomic E-state index is 13.5. The molecule has 6 heteroatoms. The second-order valence-corrected chi connectivity index (χ2v) is 4.23. The molecule has 0 amide bonds. The van der Waals surface area contributed by atoms with Crippen LogP contribution in [0.15, 0.2) is 30.3 Å². The van der Waals surface area contributed by atoms with E-state index in [1.165, 1.54) is 25.1 Å². The first-order valence-electron chi connectivity index (χ1n) is 5.70. The molecule has 0 radical (unpaired) electrons. The molecule has 0 aromatic heterocycles. The van der Waals surface area contributed by atoms with E-state index < -0.39 is 23.1 Å². The summed E-state index contributed by atoms with van der Waals surface area (Å²) < 4.78 is 39.7. The van der Waals surface area contributed by atoms with Crippen molar-refractivity contribution in [3.8, 4) is 0 Å². The topological polar surface area (TPSA) is 55.1 Å². The zero-order valence-electron chi connectivity index (χ0n) is 10.5. The molecule has 0 aliphatic heterocycles. The average Bonchev–Trinajstić information content (AvgIpc) is 2.33. The van der Waals surface area contributed by atoms with Gasteiger partial charge in [-0.25, -0.2) is 13.2 Å². The number of Topliss-reactive ketones (excluding diaryl/α,β-unsaturated/α-hetero) is 1. The molecule has 3 nitrogen and oxygen atoms in total. The third kappa shape index (κ3) is 2.74. The Bertz CT molecular complexity index is 663. The van der Waals surface area contributed by atoms with E-state index in [1.54, 1.807) is 0 Å². The summed E-state index contributed by atoms with van der Waals surface area (Å²) in [6.45, 7) is 1.36. The molecule has 104 valence electrons. The number of carbonyl (C=O) groups excluding carboxylic acids is 1. The van der Waals surface area contributed by atoms with Crippen LogP contribution in [0.4, 0.5) is 30.2 Å². The van der Waals surface area contributed by atoms with Crippen molar-refractivity contribution in [2.45, 2.75) is 6.92 Å². The van der Waals surface area contributed by atoms with E-state index in [4.69, 9.17) is 5.73 Å². The van der Waals surface area contributed by atoms with Crippen molar-refractivity contribution in [1.82, 2.24) is 0 Å². The molecule has 2 aromatic rings. The molecular weight excluding hydrogens is 269 g/mol. The van der Waals surface area contributed by atoms with Crippen LogP contribution >= 0.6 is 0 Å². The Morgan fingerprint density at radius 2 is 1.70 bits per heavy atom. The van der Waals surface area contributed by atoms with Crippen LogP contribution in [0.2, 0.25) is 0 Å². The molecule has 0 aliphatic rings. The molecule has 0 fully saturated rings. The summed E-state index contributed by atoms with van der Waals surface area (Å²) in [6.07, 6.45) is 0. The van der Waals surface area contributed by atoms with E-state index >= 15 is 0 Å². The Balaban J connectivity index is 2.36. The highest BCUT2D eigenvalue weighted by molar-refractivity contribution is 5.99. The summed E-state index contributed by atoms with van der Waals surface area (Å²) in [4.78, 5) is 11.2. The maximum Gasteiger partial charge on any atom is 0.161 e. The van der Waals surface area contributed by atoms with Crippen LogP contribution in [0, 0.1) is 17.5 Å². The van der Waals surface area contributed by atoms with Crippen molar-refractivity contribution < 1.29 is 18.0 Å². The second kappa shape index (κ2) is 5.24. The van der Waals surface area contributed by atoms with Gasteiger partial charge in [0.15, 0.2) is 17.4 Å². The summed E-state index contributed by atoms with van der Waals surface area (Å²) in [5, 5.41) is 2.47. The van der Waals surface area contributed by atoms with Gasteiger partial charge in [0.05, 0.1) is 0 Å². The first kappa shape index (κ1) is 13.9.